The van der Waals surface area contributed by atoms with E-state index in [-0.39, 0.29) is 24.4 Å². The molecule has 1 saturated heterocycles. The number of halogens is 1. The molecule has 108 valence electrons. The van der Waals surface area contributed by atoms with Gasteiger partial charge in [0.2, 0.25) is 5.91 Å². The lowest BCUT2D eigenvalue weighted by molar-refractivity contribution is -0.129. The Morgan fingerprint density at radius 3 is 2.74 bits per heavy atom. The molecule has 1 amide bonds. The molecule has 0 aromatic carbocycles. The molecule has 19 heavy (non-hydrogen) atoms. The van der Waals surface area contributed by atoms with Crippen LogP contribution >= 0.6 is 12.4 Å². The lowest BCUT2D eigenvalue weighted by Gasteiger charge is -2.15. The second-order valence-electron chi connectivity index (χ2n) is 4.80. The minimum absolute atomic E-state index is 0. The topological polar surface area (TPSA) is 72.4 Å². The van der Waals surface area contributed by atoms with E-state index in [1.807, 2.05) is 18.7 Å². The van der Waals surface area contributed by atoms with Crippen molar-refractivity contribution in [3.05, 3.63) is 17.0 Å². The third-order valence-electron chi connectivity index (χ3n) is 3.51. The van der Waals surface area contributed by atoms with Gasteiger partial charge in [-0.15, -0.1) is 12.4 Å². The minimum atomic E-state index is 0. The van der Waals surface area contributed by atoms with Crippen molar-refractivity contribution < 1.29 is 9.32 Å². The molecule has 1 aromatic heterocycles. The van der Waals surface area contributed by atoms with Crippen LogP contribution in [0.1, 0.15) is 37.3 Å². The second kappa shape index (κ2) is 6.91. The Bertz CT molecular complexity index is 412. The highest BCUT2D eigenvalue weighted by molar-refractivity contribution is 5.85. The van der Waals surface area contributed by atoms with E-state index in [0.717, 1.165) is 42.8 Å². The molecule has 2 heterocycles. The van der Waals surface area contributed by atoms with Crippen LogP contribution in [-0.2, 0) is 24.1 Å². The summed E-state index contributed by atoms with van der Waals surface area (Å²) in [6.45, 7) is 5.48. The second-order valence-corrected chi connectivity index (χ2v) is 4.80. The van der Waals surface area contributed by atoms with E-state index in [1.54, 1.807) is 0 Å². The molecule has 5 nitrogen and oxygen atoms in total. The summed E-state index contributed by atoms with van der Waals surface area (Å²) in [6, 6.07) is 0.132. The zero-order chi connectivity index (χ0) is 13.1. The van der Waals surface area contributed by atoms with Crippen molar-refractivity contribution in [2.75, 3.05) is 13.1 Å². The fourth-order valence-corrected chi connectivity index (χ4v) is 2.41. The molecule has 6 heteroatoms. The lowest BCUT2D eigenvalue weighted by atomic mass is 10.1. The molecule has 1 atom stereocenters. The van der Waals surface area contributed by atoms with E-state index in [1.165, 1.54) is 0 Å². The average molecular weight is 288 g/mol. The van der Waals surface area contributed by atoms with Crippen LogP contribution in [0.3, 0.4) is 0 Å². The zero-order valence-corrected chi connectivity index (χ0v) is 12.3. The normalized spacial score (nSPS) is 18.5. The molecule has 1 aliphatic heterocycles. The van der Waals surface area contributed by atoms with Gasteiger partial charge in [-0.2, -0.15) is 0 Å². The number of aromatic nitrogens is 1. The molecule has 1 fully saturated rings. The number of nitrogens with zero attached hydrogens (tertiary/aromatic N) is 2. The maximum Gasteiger partial charge on any atom is 0.227 e. The number of rotatable bonds is 4. The maximum atomic E-state index is 12.2. The van der Waals surface area contributed by atoms with Crippen LogP contribution in [0, 0.1) is 0 Å². The van der Waals surface area contributed by atoms with E-state index in [2.05, 4.69) is 5.16 Å². The Balaban J connectivity index is 0.00000180. The summed E-state index contributed by atoms with van der Waals surface area (Å²) in [5, 5.41) is 4.03. The number of nitrogens with two attached hydrogens (primary N) is 1. The van der Waals surface area contributed by atoms with Crippen LogP contribution in [0.25, 0.3) is 0 Å². The van der Waals surface area contributed by atoms with Crippen LogP contribution in [0.4, 0.5) is 0 Å². The first-order valence-corrected chi connectivity index (χ1v) is 6.65. The molecule has 1 unspecified atom stereocenters. The van der Waals surface area contributed by atoms with Gasteiger partial charge in [-0.05, 0) is 12.8 Å². The predicted molar refractivity (Wildman–Crippen MR) is 75.4 cm³/mol. The third-order valence-corrected chi connectivity index (χ3v) is 3.51. The average Bonchev–Trinajstić information content (AvgIpc) is 2.95. The van der Waals surface area contributed by atoms with E-state index in [0.29, 0.717) is 13.0 Å². The molecule has 0 radical (unpaired) electrons. The Morgan fingerprint density at radius 2 is 2.21 bits per heavy atom. The van der Waals surface area contributed by atoms with Crippen LogP contribution in [0.2, 0.25) is 0 Å². The van der Waals surface area contributed by atoms with Crippen molar-refractivity contribution >= 4 is 18.3 Å². The van der Waals surface area contributed by atoms with Gasteiger partial charge in [-0.3, -0.25) is 4.79 Å². The van der Waals surface area contributed by atoms with Crippen LogP contribution in [-0.4, -0.2) is 35.1 Å². The van der Waals surface area contributed by atoms with Gasteiger partial charge < -0.3 is 15.2 Å². The Morgan fingerprint density at radius 1 is 1.47 bits per heavy atom. The van der Waals surface area contributed by atoms with Gasteiger partial charge >= 0.3 is 0 Å². The standard InChI is InChI=1S/C13H21N3O2.ClH/c1-3-11-10(12(4-2)18-15-11)7-13(17)16-6-5-9(14)8-16;/h9H,3-8,14H2,1-2H3;1H. The van der Waals surface area contributed by atoms with E-state index < -0.39 is 0 Å². The largest absolute Gasteiger partial charge is 0.361 e. The van der Waals surface area contributed by atoms with Gasteiger partial charge in [0.05, 0.1) is 12.1 Å². The number of amides is 1. The van der Waals surface area contributed by atoms with Crippen LogP contribution < -0.4 is 5.73 Å². The SMILES string of the molecule is CCc1noc(CC)c1CC(=O)N1CCC(N)C1.Cl. The Kier molecular flexibility index (Phi) is 5.82. The number of hydrogen-bond donors (Lipinski definition) is 1. The van der Waals surface area contributed by atoms with E-state index in [9.17, 15) is 4.79 Å². The molecule has 2 N–H and O–H groups in total. The highest BCUT2D eigenvalue weighted by atomic mass is 35.5. The maximum absolute atomic E-state index is 12.2. The Hall–Kier alpha value is -1.07. The fraction of sp³-hybridized carbons (Fsp3) is 0.692. The first-order valence-electron chi connectivity index (χ1n) is 6.65. The summed E-state index contributed by atoms with van der Waals surface area (Å²) >= 11 is 0. The summed E-state index contributed by atoms with van der Waals surface area (Å²) in [4.78, 5) is 14.0. The van der Waals surface area contributed by atoms with Crippen LogP contribution in [0.15, 0.2) is 4.52 Å². The van der Waals surface area contributed by atoms with E-state index >= 15 is 0 Å². The van der Waals surface area contributed by atoms with Crippen molar-refractivity contribution in [2.45, 2.75) is 45.6 Å². The molecule has 0 aliphatic carbocycles. The number of hydrogen-bond acceptors (Lipinski definition) is 4. The first-order chi connectivity index (χ1) is 8.65. The van der Waals surface area contributed by atoms with Crippen molar-refractivity contribution in [2.24, 2.45) is 5.73 Å². The van der Waals surface area contributed by atoms with Gasteiger partial charge in [0.25, 0.3) is 0 Å². The third kappa shape index (κ3) is 3.48. The molecular weight excluding hydrogens is 266 g/mol. The van der Waals surface area contributed by atoms with Gasteiger partial charge in [0.1, 0.15) is 5.76 Å². The van der Waals surface area contributed by atoms with E-state index in [4.69, 9.17) is 10.3 Å². The molecule has 0 bridgehead atoms. The fourth-order valence-electron chi connectivity index (χ4n) is 2.41. The molecular formula is C13H22ClN3O2. The quantitative estimate of drug-likeness (QED) is 0.907. The van der Waals surface area contributed by atoms with Crippen LogP contribution in [0.5, 0.6) is 0 Å². The molecule has 0 saturated carbocycles. The predicted octanol–water partition coefficient (Wildman–Crippen LogP) is 1.32. The summed E-state index contributed by atoms with van der Waals surface area (Å²) < 4.78 is 5.28. The number of carbonyl (C=O) groups excluding carboxylic acids is 1. The molecule has 1 aliphatic rings. The smallest absolute Gasteiger partial charge is 0.227 e. The molecule has 0 spiro atoms. The number of aryl methyl sites for hydroxylation is 2. The number of likely N-dealkylation sites (tertiary alicyclic amines) is 1. The molecule has 2 rings (SSSR count). The monoisotopic (exact) mass is 287 g/mol. The summed E-state index contributed by atoms with van der Waals surface area (Å²) in [7, 11) is 0. The summed E-state index contributed by atoms with van der Waals surface area (Å²) in [6.07, 6.45) is 2.86. The number of carbonyl (C=O) groups is 1. The van der Waals surface area contributed by atoms with Gasteiger partial charge in [-0.1, -0.05) is 19.0 Å². The zero-order valence-electron chi connectivity index (χ0n) is 11.5. The van der Waals surface area contributed by atoms with Crippen molar-refractivity contribution in [1.82, 2.24) is 10.1 Å². The highest BCUT2D eigenvalue weighted by Gasteiger charge is 2.25. The first kappa shape index (κ1) is 16.0. The minimum Gasteiger partial charge on any atom is -0.361 e. The van der Waals surface area contributed by atoms with Gasteiger partial charge in [-0.25, -0.2) is 0 Å². The summed E-state index contributed by atoms with van der Waals surface area (Å²) in [5.41, 5.74) is 7.71. The molecule has 1 aromatic rings. The highest BCUT2D eigenvalue weighted by Crippen LogP contribution is 2.18. The Labute approximate surface area is 119 Å². The van der Waals surface area contributed by atoms with Gasteiger partial charge in [0.15, 0.2) is 0 Å². The van der Waals surface area contributed by atoms with Crippen molar-refractivity contribution in [3.63, 3.8) is 0 Å². The van der Waals surface area contributed by atoms with Gasteiger partial charge in [0, 0.05) is 31.1 Å². The van der Waals surface area contributed by atoms with Crippen molar-refractivity contribution in [1.29, 1.82) is 0 Å². The lowest BCUT2D eigenvalue weighted by Crippen LogP contribution is -2.33. The summed E-state index contributed by atoms with van der Waals surface area (Å²) in [5.74, 6) is 0.972. The van der Waals surface area contributed by atoms with Crippen molar-refractivity contribution in [3.8, 4) is 0 Å².